The van der Waals surface area contributed by atoms with Gasteiger partial charge in [-0.2, -0.15) is 10.1 Å². The van der Waals surface area contributed by atoms with Gasteiger partial charge in [0.1, 0.15) is 30.0 Å². The van der Waals surface area contributed by atoms with E-state index in [1.54, 1.807) is 13.2 Å². The van der Waals surface area contributed by atoms with Gasteiger partial charge in [0, 0.05) is 21.2 Å². The average molecular weight is 477 g/mol. The number of halogens is 2. The molecule has 1 N–H and O–H groups in total. The van der Waals surface area contributed by atoms with Crippen molar-refractivity contribution in [2.24, 2.45) is 0 Å². The van der Waals surface area contributed by atoms with Crippen molar-refractivity contribution in [2.45, 2.75) is 12.1 Å². The molecule has 0 fully saturated rings. The lowest BCUT2D eigenvalue weighted by molar-refractivity contribution is 0.223. The summed E-state index contributed by atoms with van der Waals surface area (Å²) in [5, 5.41) is 9.13. The van der Waals surface area contributed by atoms with E-state index in [2.05, 4.69) is 15.4 Å². The number of ether oxygens (including phenoxy) is 2. The summed E-state index contributed by atoms with van der Waals surface area (Å²) in [7, 11) is 1.65. The molecule has 6 nitrogen and oxygen atoms in total. The Morgan fingerprint density at radius 2 is 1.85 bits per heavy atom. The normalized spacial score (nSPS) is 18.5. The summed E-state index contributed by atoms with van der Waals surface area (Å²) in [6.07, 6.45) is 1.15. The van der Waals surface area contributed by atoms with Crippen molar-refractivity contribution in [1.82, 2.24) is 14.8 Å². The zero-order chi connectivity index (χ0) is 22.5. The molecule has 0 bridgehead atoms. The lowest BCUT2D eigenvalue weighted by atomic mass is 9.84. The average Bonchev–Trinajstić information content (AvgIpc) is 3.31. The molecule has 6 rings (SSSR count). The lowest BCUT2D eigenvalue weighted by Crippen LogP contribution is -2.32. The lowest BCUT2D eigenvalue weighted by Gasteiger charge is -2.39. The Labute approximate surface area is 200 Å². The Bertz CT molecular complexity index is 1400. The molecule has 33 heavy (non-hydrogen) atoms. The Hall–Kier alpha value is -3.48. The standard InChI is InChI=1S/C25H18Cl2N4O2/c1-32-16-9-6-14(7-10-16)24-21-22(18-4-2-3-5-20(18)33-24)30-25-28-13-29-31(25)23(21)17-11-8-15(26)12-19(17)27/h2-13,23-24H,1H3,(H,28,29,30)/t23-,24+/m1/s1. The summed E-state index contributed by atoms with van der Waals surface area (Å²) in [5.41, 5.74) is 4.73. The maximum Gasteiger partial charge on any atom is 0.226 e. The van der Waals surface area contributed by atoms with Gasteiger partial charge in [-0.1, -0.05) is 53.5 Å². The maximum atomic E-state index is 6.71. The van der Waals surface area contributed by atoms with Crippen molar-refractivity contribution in [3.8, 4) is 11.5 Å². The minimum Gasteiger partial charge on any atom is -0.497 e. The van der Waals surface area contributed by atoms with Crippen molar-refractivity contribution in [2.75, 3.05) is 12.4 Å². The number of nitrogens with zero attached hydrogens (tertiary/aromatic N) is 3. The first-order valence-corrected chi connectivity index (χ1v) is 11.1. The molecule has 0 radical (unpaired) electrons. The first-order chi connectivity index (χ1) is 16.1. The summed E-state index contributed by atoms with van der Waals surface area (Å²) < 4.78 is 13.8. The summed E-state index contributed by atoms with van der Waals surface area (Å²) in [4.78, 5) is 4.44. The van der Waals surface area contributed by atoms with Crippen LogP contribution in [0.1, 0.15) is 28.8 Å². The quantitative estimate of drug-likeness (QED) is 0.383. The third-order valence-electron chi connectivity index (χ3n) is 6.00. The number of methoxy groups -OCH3 is 1. The predicted octanol–water partition coefficient (Wildman–Crippen LogP) is 6.15. The van der Waals surface area contributed by atoms with Crippen LogP contribution in [-0.4, -0.2) is 21.9 Å². The highest BCUT2D eigenvalue weighted by Crippen LogP contribution is 2.51. The highest BCUT2D eigenvalue weighted by atomic mass is 35.5. The molecule has 0 aliphatic carbocycles. The van der Waals surface area contributed by atoms with Crippen LogP contribution < -0.4 is 14.8 Å². The number of benzene rings is 3. The second kappa shape index (κ2) is 7.83. The van der Waals surface area contributed by atoms with Gasteiger partial charge in [0.2, 0.25) is 5.95 Å². The summed E-state index contributed by atoms with van der Waals surface area (Å²) >= 11 is 12.9. The molecular weight excluding hydrogens is 459 g/mol. The molecule has 2 atom stereocenters. The molecule has 0 saturated carbocycles. The molecule has 0 unspecified atom stereocenters. The first kappa shape index (κ1) is 20.1. The van der Waals surface area contributed by atoms with Crippen LogP contribution in [0.2, 0.25) is 10.0 Å². The summed E-state index contributed by atoms with van der Waals surface area (Å²) in [6.45, 7) is 0. The molecule has 0 saturated heterocycles. The van der Waals surface area contributed by atoms with E-state index in [0.717, 1.165) is 39.5 Å². The molecule has 3 heterocycles. The number of aromatic nitrogens is 3. The number of hydrogen-bond donors (Lipinski definition) is 1. The van der Waals surface area contributed by atoms with Gasteiger partial charge in [-0.05, 0) is 47.5 Å². The second-order valence-electron chi connectivity index (χ2n) is 7.82. The molecule has 0 amide bonds. The minimum absolute atomic E-state index is 0.344. The highest BCUT2D eigenvalue weighted by Gasteiger charge is 2.41. The van der Waals surface area contributed by atoms with E-state index in [9.17, 15) is 0 Å². The number of para-hydroxylation sites is 1. The van der Waals surface area contributed by atoms with Crippen LogP contribution >= 0.6 is 23.2 Å². The van der Waals surface area contributed by atoms with Gasteiger partial charge in [0.25, 0.3) is 0 Å². The fraction of sp³-hybridized carbons (Fsp3) is 0.120. The summed E-state index contributed by atoms with van der Waals surface area (Å²) in [5.74, 6) is 2.20. The van der Waals surface area contributed by atoms with E-state index in [0.29, 0.717) is 16.0 Å². The van der Waals surface area contributed by atoms with Crippen molar-refractivity contribution in [3.05, 3.63) is 105 Å². The van der Waals surface area contributed by atoms with E-state index in [1.807, 2.05) is 65.3 Å². The van der Waals surface area contributed by atoms with Crippen LogP contribution in [0.15, 0.2) is 78.6 Å². The van der Waals surface area contributed by atoms with Crippen LogP contribution in [0.25, 0.3) is 5.70 Å². The highest BCUT2D eigenvalue weighted by molar-refractivity contribution is 6.35. The first-order valence-electron chi connectivity index (χ1n) is 10.4. The Kier molecular flexibility index (Phi) is 4.78. The van der Waals surface area contributed by atoms with E-state index in [-0.39, 0.29) is 12.1 Å². The van der Waals surface area contributed by atoms with Crippen molar-refractivity contribution < 1.29 is 9.47 Å². The fourth-order valence-electron chi connectivity index (χ4n) is 4.49. The zero-order valence-corrected chi connectivity index (χ0v) is 19.0. The zero-order valence-electron chi connectivity index (χ0n) is 17.5. The third-order valence-corrected chi connectivity index (χ3v) is 6.56. The number of anilines is 1. The predicted molar refractivity (Wildman–Crippen MR) is 128 cm³/mol. The molecule has 3 aromatic carbocycles. The molecule has 2 aliphatic heterocycles. The van der Waals surface area contributed by atoms with E-state index in [1.165, 1.54) is 6.33 Å². The fourth-order valence-corrected chi connectivity index (χ4v) is 5.01. The van der Waals surface area contributed by atoms with Crippen LogP contribution in [0.3, 0.4) is 0 Å². The van der Waals surface area contributed by atoms with E-state index >= 15 is 0 Å². The number of fused-ring (bicyclic) bond motifs is 3. The molecular formula is C25H18Cl2N4O2. The van der Waals surface area contributed by atoms with Crippen molar-refractivity contribution in [3.63, 3.8) is 0 Å². The van der Waals surface area contributed by atoms with Gasteiger partial charge in [-0.3, -0.25) is 0 Å². The van der Waals surface area contributed by atoms with Crippen LogP contribution in [-0.2, 0) is 0 Å². The summed E-state index contributed by atoms with van der Waals surface area (Å²) in [6, 6.07) is 21.0. The Morgan fingerprint density at radius 3 is 2.64 bits per heavy atom. The van der Waals surface area contributed by atoms with E-state index < -0.39 is 0 Å². The van der Waals surface area contributed by atoms with Crippen LogP contribution in [0.5, 0.6) is 11.5 Å². The van der Waals surface area contributed by atoms with Gasteiger partial charge in [-0.25, -0.2) is 4.68 Å². The minimum atomic E-state index is -0.387. The Balaban J connectivity index is 1.62. The number of rotatable bonds is 3. The van der Waals surface area contributed by atoms with Gasteiger partial charge in [0.05, 0.1) is 12.8 Å². The van der Waals surface area contributed by atoms with Crippen molar-refractivity contribution >= 4 is 34.8 Å². The number of hydrogen-bond acceptors (Lipinski definition) is 5. The monoisotopic (exact) mass is 476 g/mol. The van der Waals surface area contributed by atoms with E-state index in [4.69, 9.17) is 32.7 Å². The van der Waals surface area contributed by atoms with Gasteiger partial charge < -0.3 is 14.8 Å². The molecule has 2 aliphatic rings. The van der Waals surface area contributed by atoms with Gasteiger partial charge in [-0.15, -0.1) is 0 Å². The van der Waals surface area contributed by atoms with Crippen LogP contribution in [0, 0.1) is 0 Å². The molecule has 8 heteroatoms. The molecule has 164 valence electrons. The largest absolute Gasteiger partial charge is 0.497 e. The van der Waals surface area contributed by atoms with Gasteiger partial charge >= 0.3 is 0 Å². The topological polar surface area (TPSA) is 61.2 Å². The van der Waals surface area contributed by atoms with Gasteiger partial charge in [0.15, 0.2) is 0 Å². The SMILES string of the molecule is COc1ccc([C@@H]2Oc3ccccc3C3=C2[C@@H](c2ccc(Cl)cc2Cl)n2ncnc2N3)cc1. The Morgan fingerprint density at radius 1 is 1.03 bits per heavy atom. The number of nitrogens with one attached hydrogen (secondary N) is 1. The maximum absolute atomic E-state index is 6.71. The third kappa shape index (κ3) is 3.25. The smallest absolute Gasteiger partial charge is 0.226 e. The van der Waals surface area contributed by atoms with Crippen molar-refractivity contribution in [1.29, 1.82) is 0 Å². The van der Waals surface area contributed by atoms with Crippen LogP contribution in [0.4, 0.5) is 5.95 Å². The molecule has 1 aromatic heterocycles. The molecule has 0 spiro atoms. The molecule has 4 aromatic rings. The second-order valence-corrected chi connectivity index (χ2v) is 8.66.